The fourth-order valence-corrected chi connectivity index (χ4v) is 3.05. The number of hydrogen-bond donors (Lipinski definition) is 1. The van der Waals surface area contributed by atoms with Crippen molar-refractivity contribution in [3.63, 3.8) is 0 Å². The van der Waals surface area contributed by atoms with E-state index in [0.29, 0.717) is 23.6 Å². The molecule has 3 rings (SSSR count). The number of carbonyl (C=O) groups excluding carboxylic acids is 2. The van der Waals surface area contributed by atoms with E-state index in [1.165, 1.54) is 19.1 Å². The maximum absolute atomic E-state index is 13.2. The zero-order chi connectivity index (χ0) is 17.3. The Bertz CT molecular complexity index is 781. The first-order valence-corrected chi connectivity index (χ1v) is 7.50. The van der Waals surface area contributed by atoms with Gasteiger partial charge < -0.3 is 15.2 Å². The molecule has 1 aliphatic heterocycles. The second kappa shape index (κ2) is 6.23. The van der Waals surface area contributed by atoms with Crippen LogP contribution in [0.25, 0.3) is 0 Å². The maximum atomic E-state index is 13.2. The molecule has 1 atom stereocenters. The molecule has 2 aromatic carbocycles. The van der Waals surface area contributed by atoms with Gasteiger partial charge in [0.15, 0.2) is 0 Å². The summed E-state index contributed by atoms with van der Waals surface area (Å²) in [5, 5.41) is 0. The number of carbonyl (C=O) groups is 2. The van der Waals surface area contributed by atoms with Crippen molar-refractivity contribution in [3.8, 4) is 11.5 Å². The zero-order valence-electron chi connectivity index (χ0n) is 13.5. The number of fused-ring (bicyclic) bond motifs is 1. The third kappa shape index (κ3) is 2.46. The van der Waals surface area contributed by atoms with Crippen molar-refractivity contribution in [1.82, 2.24) is 0 Å². The highest BCUT2D eigenvalue weighted by molar-refractivity contribution is 6.14. The number of nitrogens with two attached hydrogens (primary N) is 1. The first-order valence-electron chi connectivity index (χ1n) is 7.50. The molecule has 0 spiro atoms. The summed E-state index contributed by atoms with van der Waals surface area (Å²) < 4.78 is 10.6. The van der Waals surface area contributed by atoms with E-state index in [0.717, 1.165) is 5.56 Å². The van der Waals surface area contributed by atoms with Gasteiger partial charge in [-0.05, 0) is 23.8 Å². The summed E-state index contributed by atoms with van der Waals surface area (Å²) in [5.41, 5.74) is 7.38. The second-order valence-electron chi connectivity index (χ2n) is 5.46. The summed E-state index contributed by atoms with van der Waals surface area (Å²) in [6, 6.07) is 11.7. The average Bonchev–Trinajstić information content (AvgIpc) is 3.00. The molecule has 0 unspecified atom stereocenters. The number of amides is 2. The summed E-state index contributed by atoms with van der Waals surface area (Å²) in [5.74, 6) is -0.162. The Morgan fingerprint density at radius 3 is 2.25 bits per heavy atom. The first kappa shape index (κ1) is 15.9. The van der Waals surface area contributed by atoms with E-state index in [4.69, 9.17) is 15.2 Å². The summed E-state index contributed by atoms with van der Waals surface area (Å²) in [6.07, 6.45) is 0.398. The summed E-state index contributed by atoms with van der Waals surface area (Å²) >= 11 is 0. The third-order valence-electron chi connectivity index (χ3n) is 4.17. The van der Waals surface area contributed by atoms with Crippen LogP contribution in [-0.2, 0) is 11.2 Å². The summed E-state index contributed by atoms with van der Waals surface area (Å²) in [7, 11) is 2.96. The van der Waals surface area contributed by atoms with Gasteiger partial charge in [0.1, 0.15) is 23.1 Å². The zero-order valence-corrected chi connectivity index (χ0v) is 13.5. The van der Waals surface area contributed by atoms with Crippen LogP contribution < -0.4 is 20.1 Å². The van der Waals surface area contributed by atoms with Crippen LogP contribution in [0.5, 0.6) is 11.5 Å². The Balaban J connectivity index is 2.14. The van der Waals surface area contributed by atoms with Crippen LogP contribution in [0.3, 0.4) is 0 Å². The van der Waals surface area contributed by atoms with Gasteiger partial charge in [-0.2, -0.15) is 0 Å². The van der Waals surface area contributed by atoms with Crippen LogP contribution in [0, 0.1) is 0 Å². The van der Waals surface area contributed by atoms with E-state index in [-0.39, 0.29) is 11.5 Å². The maximum Gasteiger partial charge on any atom is 0.266 e. The molecular weight excluding hydrogens is 308 g/mol. The van der Waals surface area contributed by atoms with E-state index in [9.17, 15) is 9.59 Å². The molecule has 124 valence electrons. The largest absolute Gasteiger partial charge is 0.496 e. The van der Waals surface area contributed by atoms with Gasteiger partial charge in [0.05, 0.1) is 14.2 Å². The number of rotatable bonds is 4. The van der Waals surface area contributed by atoms with Crippen LogP contribution in [0.4, 0.5) is 5.69 Å². The fourth-order valence-electron chi connectivity index (χ4n) is 3.05. The highest BCUT2D eigenvalue weighted by Gasteiger charge is 2.39. The topological polar surface area (TPSA) is 81.9 Å². The fraction of sp³-hybridized carbons (Fsp3) is 0.222. The van der Waals surface area contributed by atoms with Gasteiger partial charge in [-0.3, -0.25) is 14.5 Å². The minimum absolute atomic E-state index is 0.269. The van der Waals surface area contributed by atoms with Crippen LogP contribution in [0.2, 0.25) is 0 Å². The molecule has 2 aromatic rings. The molecule has 0 radical (unpaired) electrons. The number of anilines is 1. The second-order valence-corrected chi connectivity index (χ2v) is 5.46. The molecule has 6 heteroatoms. The van der Waals surface area contributed by atoms with Gasteiger partial charge in [-0.25, -0.2) is 0 Å². The van der Waals surface area contributed by atoms with E-state index >= 15 is 0 Å². The van der Waals surface area contributed by atoms with Crippen molar-refractivity contribution in [2.45, 2.75) is 12.5 Å². The number of nitrogens with zero attached hydrogens (tertiary/aromatic N) is 1. The van der Waals surface area contributed by atoms with Crippen LogP contribution >= 0.6 is 0 Å². The van der Waals surface area contributed by atoms with Crippen LogP contribution in [-0.4, -0.2) is 32.1 Å². The van der Waals surface area contributed by atoms with Crippen molar-refractivity contribution in [1.29, 1.82) is 0 Å². The van der Waals surface area contributed by atoms with Gasteiger partial charge in [0, 0.05) is 12.1 Å². The van der Waals surface area contributed by atoms with Crippen molar-refractivity contribution in [2.24, 2.45) is 5.73 Å². The number of hydrogen-bond acceptors (Lipinski definition) is 4. The van der Waals surface area contributed by atoms with Crippen LogP contribution in [0.1, 0.15) is 15.9 Å². The van der Waals surface area contributed by atoms with Crippen molar-refractivity contribution in [2.75, 3.05) is 19.1 Å². The minimum atomic E-state index is -0.732. The van der Waals surface area contributed by atoms with E-state index < -0.39 is 11.9 Å². The lowest BCUT2D eigenvalue weighted by molar-refractivity contribution is -0.119. The molecule has 0 saturated carbocycles. The molecule has 6 nitrogen and oxygen atoms in total. The van der Waals surface area contributed by atoms with E-state index in [1.54, 1.807) is 24.3 Å². The van der Waals surface area contributed by atoms with Crippen molar-refractivity contribution < 1.29 is 19.1 Å². The Kier molecular flexibility index (Phi) is 4.12. The van der Waals surface area contributed by atoms with Gasteiger partial charge in [-0.1, -0.05) is 24.3 Å². The lowest BCUT2D eigenvalue weighted by atomic mass is 10.1. The summed E-state index contributed by atoms with van der Waals surface area (Å²) in [6.45, 7) is 0. The highest BCUT2D eigenvalue weighted by Crippen LogP contribution is 2.37. The number of ether oxygens (including phenoxy) is 2. The lowest BCUT2D eigenvalue weighted by Gasteiger charge is -2.25. The summed E-state index contributed by atoms with van der Waals surface area (Å²) in [4.78, 5) is 26.6. The molecule has 0 aliphatic carbocycles. The molecule has 2 amide bonds. The lowest BCUT2D eigenvalue weighted by Crippen LogP contribution is -2.46. The van der Waals surface area contributed by atoms with Gasteiger partial charge in [-0.15, -0.1) is 0 Å². The van der Waals surface area contributed by atoms with Crippen LogP contribution in [0.15, 0.2) is 42.5 Å². The molecule has 0 aromatic heterocycles. The smallest absolute Gasteiger partial charge is 0.266 e. The third-order valence-corrected chi connectivity index (χ3v) is 4.17. The molecular formula is C18H18N2O4. The first-order chi connectivity index (χ1) is 11.6. The highest BCUT2D eigenvalue weighted by atomic mass is 16.5. The Hall–Kier alpha value is -3.02. The van der Waals surface area contributed by atoms with Crippen molar-refractivity contribution in [3.05, 3.63) is 53.6 Å². The van der Waals surface area contributed by atoms with E-state index in [1.807, 2.05) is 18.2 Å². The number of para-hydroxylation sites is 1. The van der Waals surface area contributed by atoms with Gasteiger partial charge in [0.2, 0.25) is 5.91 Å². The van der Waals surface area contributed by atoms with E-state index in [2.05, 4.69) is 0 Å². The van der Waals surface area contributed by atoms with Gasteiger partial charge in [0.25, 0.3) is 5.91 Å². The number of methoxy groups -OCH3 is 2. The van der Waals surface area contributed by atoms with Gasteiger partial charge >= 0.3 is 0 Å². The Morgan fingerprint density at radius 2 is 1.67 bits per heavy atom. The molecule has 0 fully saturated rings. The molecule has 24 heavy (non-hydrogen) atoms. The predicted molar refractivity (Wildman–Crippen MR) is 89.5 cm³/mol. The Labute approximate surface area is 139 Å². The molecule has 2 N–H and O–H groups in total. The molecule has 0 saturated heterocycles. The predicted octanol–water partition coefficient (Wildman–Crippen LogP) is 1.76. The minimum Gasteiger partial charge on any atom is -0.496 e. The quantitative estimate of drug-likeness (QED) is 0.928. The monoisotopic (exact) mass is 326 g/mol. The SMILES string of the molecule is COc1cccc(OC)c1C(=O)N1c2ccccc2C[C@H]1C(N)=O. The number of benzene rings is 2. The standard InChI is InChI=1S/C18H18N2O4/c1-23-14-8-5-9-15(24-2)16(14)18(22)20-12-7-4-3-6-11(12)10-13(20)17(19)21/h3-9,13H,10H2,1-2H3,(H2,19,21)/t13-/m0/s1. The number of primary amides is 1. The molecule has 0 bridgehead atoms. The normalized spacial score (nSPS) is 15.8. The molecule has 1 heterocycles. The Morgan fingerprint density at radius 1 is 1.04 bits per heavy atom. The average molecular weight is 326 g/mol. The van der Waals surface area contributed by atoms with Crippen molar-refractivity contribution >= 4 is 17.5 Å². The molecule has 1 aliphatic rings.